The maximum absolute atomic E-state index is 10.5. The third-order valence-electron chi connectivity index (χ3n) is 2.28. The van der Waals surface area contributed by atoms with Crippen molar-refractivity contribution in [2.45, 2.75) is 26.7 Å². The molecule has 0 saturated heterocycles. The molecule has 0 bridgehead atoms. The van der Waals surface area contributed by atoms with Gasteiger partial charge in [-0.1, -0.05) is 19.9 Å². The van der Waals surface area contributed by atoms with Gasteiger partial charge in [0, 0.05) is 12.7 Å². The number of hydrogen-bond acceptors (Lipinski definition) is 1. The van der Waals surface area contributed by atoms with Crippen LogP contribution in [0.15, 0.2) is 18.2 Å². The summed E-state index contributed by atoms with van der Waals surface area (Å²) in [4.78, 5) is 12.0. The van der Waals surface area contributed by atoms with Crippen LogP contribution >= 0.6 is 0 Å². The van der Waals surface area contributed by atoms with Crippen LogP contribution in [-0.4, -0.2) is 13.5 Å². The molecule has 0 saturated carbocycles. The van der Waals surface area contributed by atoms with E-state index in [2.05, 4.69) is 19.9 Å². The van der Waals surface area contributed by atoms with Crippen LogP contribution in [0.1, 0.15) is 30.9 Å². The molecular formula is C12H16NO. The second-order valence-electron chi connectivity index (χ2n) is 3.91. The zero-order valence-corrected chi connectivity index (χ0v) is 9.16. The van der Waals surface area contributed by atoms with Crippen LogP contribution in [0.25, 0.3) is 0 Å². The minimum absolute atomic E-state index is 0.480. The smallest absolute Gasteiger partial charge is 0.307 e. The number of aryl methyl sites for hydroxylation is 1. The first-order valence-corrected chi connectivity index (χ1v) is 4.77. The van der Waals surface area contributed by atoms with Crippen LogP contribution in [0.4, 0.5) is 5.69 Å². The normalized spacial score (nSPS) is 10.4. The molecule has 0 fully saturated rings. The maximum atomic E-state index is 10.5. The van der Waals surface area contributed by atoms with Gasteiger partial charge >= 0.3 is 6.41 Å². The Morgan fingerprint density at radius 1 is 1.29 bits per heavy atom. The highest BCUT2D eigenvalue weighted by Gasteiger charge is 2.05. The third-order valence-corrected chi connectivity index (χ3v) is 2.28. The molecule has 1 aromatic carbocycles. The third kappa shape index (κ3) is 2.34. The van der Waals surface area contributed by atoms with Crippen molar-refractivity contribution in [3.8, 4) is 0 Å². The molecule has 1 rings (SSSR count). The van der Waals surface area contributed by atoms with Gasteiger partial charge in [-0.05, 0) is 36.1 Å². The molecular weight excluding hydrogens is 174 g/mol. The lowest BCUT2D eigenvalue weighted by Crippen LogP contribution is -2.14. The van der Waals surface area contributed by atoms with E-state index in [1.807, 2.05) is 25.5 Å². The van der Waals surface area contributed by atoms with Gasteiger partial charge in [-0.3, -0.25) is 4.79 Å². The number of carbonyl (C=O) groups excluding carboxylic acids is 1. The van der Waals surface area contributed by atoms with Crippen molar-refractivity contribution >= 4 is 12.1 Å². The highest BCUT2D eigenvalue weighted by molar-refractivity contribution is 5.75. The van der Waals surface area contributed by atoms with Gasteiger partial charge in [0.1, 0.15) is 0 Å². The summed E-state index contributed by atoms with van der Waals surface area (Å²) in [7, 11) is 1.71. The van der Waals surface area contributed by atoms with E-state index in [1.165, 1.54) is 16.0 Å². The Kier molecular flexibility index (Phi) is 3.28. The van der Waals surface area contributed by atoms with Gasteiger partial charge in [0.15, 0.2) is 0 Å². The second kappa shape index (κ2) is 4.27. The Morgan fingerprint density at radius 3 is 2.43 bits per heavy atom. The summed E-state index contributed by atoms with van der Waals surface area (Å²) in [5, 5.41) is 0. The standard InChI is InChI=1S/C12H16NO/c1-9(2)11-5-10(3)6-12(7-11)13(4)8-14/h5-7,9H,1-4H3. The van der Waals surface area contributed by atoms with E-state index < -0.39 is 0 Å². The lowest BCUT2D eigenvalue weighted by atomic mass is 10.0. The van der Waals surface area contributed by atoms with Crippen LogP contribution in [-0.2, 0) is 4.79 Å². The first-order chi connectivity index (χ1) is 6.54. The molecule has 1 radical (unpaired) electrons. The van der Waals surface area contributed by atoms with Gasteiger partial charge in [-0.25, -0.2) is 0 Å². The quantitative estimate of drug-likeness (QED) is 0.671. The van der Waals surface area contributed by atoms with E-state index in [0.29, 0.717) is 5.92 Å². The maximum Gasteiger partial charge on any atom is 0.316 e. The highest BCUT2D eigenvalue weighted by Crippen LogP contribution is 2.22. The van der Waals surface area contributed by atoms with Gasteiger partial charge in [-0.2, -0.15) is 0 Å². The lowest BCUT2D eigenvalue weighted by Gasteiger charge is -2.14. The van der Waals surface area contributed by atoms with Crippen molar-refractivity contribution in [1.29, 1.82) is 0 Å². The molecule has 0 spiro atoms. The zero-order valence-electron chi connectivity index (χ0n) is 9.16. The second-order valence-corrected chi connectivity index (χ2v) is 3.91. The van der Waals surface area contributed by atoms with Crippen LogP contribution < -0.4 is 4.90 Å². The van der Waals surface area contributed by atoms with Gasteiger partial charge < -0.3 is 4.90 Å². The fourth-order valence-electron chi connectivity index (χ4n) is 1.37. The number of nitrogens with zero attached hydrogens (tertiary/aromatic N) is 1. The van der Waals surface area contributed by atoms with Crippen molar-refractivity contribution < 1.29 is 4.79 Å². The van der Waals surface area contributed by atoms with E-state index in [4.69, 9.17) is 0 Å². The molecule has 0 N–H and O–H groups in total. The fourth-order valence-corrected chi connectivity index (χ4v) is 1.37. The summed E-state index contributed by atoms with van der Waals surface area (Å²) in [5.41, 5.74) is 3.33. The summed E-state index contributed by atoms with van der Waals surface area (Å²) < 4.78 is 0. The van der Waals surface area contributed by atoms with Crippen molar-refractivity contribution in [3.05, 3.63) is 29.3 Å². The van der Waals surface area contributed by atoms with Gasteiger partial charge in [0.05, 0.1) is 0 Å². The van der Waals surface area contributed by atoms with Crippen molar-refractivity contribution in [1.82, 2.24) is 0 Å². The fraction of sp³-hybridized carbons (Fsp3) is 0.417. The van der Waals surface area contributed by atoms with Crippen LogP contribution in [0.5, 0.6) is 0 Å². The molecule has 1 aromatic rings. The zero-order chi connectivity index (χ0) is 10.7. The molecule has 0 aliphatic heterocycles. The average molecular weight is 190 g/mol. The minimum atomic E-state index is 0.480. The molecule has 2 heteroatoms. The summed E-state index contributed by atoms with van der Waals surface area (Å²) in [6.45, 7) is 6.32. The van der Waals surface area contributed by atoms with Gasteiger partial charge in [0.2, 0.25) is 0 Å². The number of benzene rings is 1. The van der Waals surface area contributed by atoms with Crippen LogP contribution in [0, 0.1) is 6.92 Å². The molecule has 0 heterocycles. The predicted molar refractivity (Wildman–Crippen MR) is 59.4 cm³/mol. The average Bonchev–Trinajstić information content (AvgIpc) is 2.15. The van der Waals surface area contributed by atoms with E-state index in [1.54, 1.807) is 7.05 Å². The summed E-state index contributed by atoms with van der Waals surface area (Å²) in [5.74, 6) is 0.480. The van der Waals surface area contributed by atoms with Crippen LogP contribution in [0.3, 0.4) is 0 Å². The molecule has 2 nitrogen and oxygen atoms in total. The summed E-state index contributed by atoms with van der Waals surface area (Å²) >= 11 is 0. The Hall–Kier alpha value is -1.31. The number of amides is 1. The summed E-state index contributed by atoms with van der Waals surface area (Å²) in [6, 6.07) is 6.16. The molecule has 14 heavy (non-hydrogen) atoms. The molecule has 0 aromatic heterocycles. The van der Waals surface area contributed by atoms with E-state index in [-0.39, 0.29) is 0 Å². The first kappa shape index (κ1) is 10.8. The first-order valence-electron chi connectivity index (χ1n) is 4.77. The van der Waals surface area contributed by atoms with Gasteiger partial charge in [-0.15, -0.1) is 0 Å². The van der Waals surface area contributed by atoms with Gasteiger partial charge in [0.25, 0.3) is 0 Å². The number of rotatable bonds is 3. The predicted octanol–water partition coefficient (Wildman–Crippen LogP) is 2.62. The Labute approximate surface area is 85.5 Å². The minimum Gasteiger partial charge on any atom is -0.307 e. The van der Waals surface area contributed by atoms with E-state index >= 15 is 0 Å². The number of hydrogen-bond donors (Lipinski definition) is 0. The Bertz CT molecular complexity index is 331. The van der Waals surface area contributed by atoms with Crippen molar-refractivity contribution in [3.63, 3.8) is 0 Å². The SMILES string of the molecule is Cc1cc(C(C)C)cc(N(C)[C]=O)c1. The summed E-state index contributed by atoms with van der Waals surface area (Å²) in [6.07, 6.45) is 1.86. The van der Waals surface area contributed by atoms with E-state index in [0.717, 1.165) is 5.69 Å². The Morgan fingerprint density at radius 2 is 1.93 bits per heavy atom. The largest absolute Gasteiger partial charge is 0.316 e. The van der Waals surface area contributed by atoms with Crippen molar-refractivity contribution in [2.24, 2.45) is 0 Å². The van der Waals surface area contributed by atoms with Crippen LogP contribution in [0.2, 0.25) is 0 Å². The molecule has 75 valence electrons. The lowest BCUT2D eigenvalue weighted by molar-refractivity contribution is 0.554. The molecule has 0 atom stereocenters. The monoisotopic (exact) mass is 190 g/mol. The molecule has 0 aliphatic rings. The topological polar surface area (TPSA) is 20.3 Å². The molecule has 0 unspecified atom stereocenters. The molecule has 1 amide bonds. The highest BCUT2D eigenvalue weighted by atomic mass is 16.1. The molecule has 0 aliphatic carbocycles. The Balaban J connectivity index is 3.13. The number of anilines is 1. The van der Waals surface area contributed by atoms with Crippen molar-refractivity contribution in [2.75, 3.05) is 11.9 Å². The van der Waals surface area contributed by atoms with E-state index in [9.17, 15) is 4.79 Å².